The van der Waals surface area contributed by atoms with Gasteiger partial charge in [0.15, 0.2) is 0 Å². The molecule has 102 valence electrons. The van der Waals surface area contributed by atoms with Gasteiger partial charge in [-0.05, 0) is 34.7 Å². The molecule has 0 aliphatic rings. The Morgan fingerprint density at radius 1 is 1.50 bits per heavy atom. The van der Waals surface area contributed by atoms with Gasteiger partial charge in [0, 0.05) is 30.4 Å². The van der Waals surface area contributed by atoms with Crippen molar-refractivity contribution >= 4 is 5.97 Å². The van der Waals surface area contributed by atoms with Crippen molar-refractivity contribution in [1.29, 1.82) is 0 Å². The second kappa shape index (κ2) is 6.00. The Bertz CT molecular complexity index is 426. The summed E-state index contributed by atoms with van der Waals surface area (Å²) < 4.78 is 1.99. The van der Waals surface area contributed by atoms with Crippen LogP contribution in [0, 0.1) is 13.8 Å². The lowest BCUT2D eigenvalue weighted by Crippen LogP contribution is -2.26. The van der Waals surface area contributed by atoms with Gasteiger partial charge in [0.25, 0.3) is 0 Å². The van der Waals surface area contributed by atoms with Gasteiger partial charge in [0.2, 0.25) is 0 Å². The molecule has 1 heterocycles. The van der Waals surface area contributed by atoms with Crippen LogP contribution < -0.4 is 0 Å². The molecule has 0 aliphatic carbocycles. The normalized spacial score (nSPS) is 13.0. The van der Waals surface area contributed by atoms with Gasteiger partial charge in [-0.1, -0.05) is 0 Å². The van der Waals surface area contributed by atoms with Gasteiger partial charge in [-0.2, -0.15) is 5.10 Å². The lowest BCUT2D eigenvalue weighted by atomic mass is 10.1. The molecule has 1 rings (SSSR count). The molecule has 18 heavy (non-hydrogen) atoms. The van der Waals surface area contributed by atoms with E-state index in [0.717, 1.165) is 12.2 Å². The first kappa shape index (κ1) is 14.7. The van der Waals surface area contributed by atoms with Gasteiger partial charge in [-0.3, -0.25) is 14.4 Å². The third-order valence-corrected chi connectivity index (χ3v) is 3.49. The Morgan fingerprint density at radius 2 is 2.11 bits per heavy atom. The van der Waals surface area contributed by atoms with Crippen LogP contribution >= 0.6 is 0 Å². The van der Waals surface area contributed by atoms with Crippen LogP contribution in [0.4, 0.5) is 0 Å². The molecule has 0 saturated heterocycles. The highest BCUT2D eigenvalue weighted by atomic mass is 16.4. The first-order chi connectivity index (χ1) is 8.38. The summed E-state index contributed by atoms with van der Waals surface area (Å²) in [4.78, 5) is 12.7. The van der Waals surface area contributed by atoms with E-state index in [1.54, 1.807) is 0 Å². The fourth-order valence-corrected chi connectivity index (χ4v) is 2.31. The van der Waals surface area contributed by atoms with Crippen LogP contribution in [-0.4, -0.2) is 39.3 Å². The maximum Gasteiger partial charge on any atom is 0.304 e. The summed E-state index contributed by atoms with van der Waals surface area (Å²) >= 11 is 0. The van der Waals surface area contributed by atoms with E-state index in [-0.39, 0.29) is 12.5 Å². The Kier molecular flexibility index (Phi) is 4.90. The maximum absolute atomic E-state index is 10.6. The van der Waals surface area contributed by atoms with E-state index in [1.807, 2.05) is 18.7 Å². The third kappa shape index (κ3) is 3.10. The average molecular weight is 253 g/mol. The molecule has 1 aromatic heterocycles. The number of hydrogen-bond acceptors (Lipinski definition) is 3. The molecule has 1 atom stereocenters. The maximum atomic E-state index is 10.6. The van der Waals surface area contributed by atoms with Crippen molar-refractivity contribution in [3.8, 4) is 0 Å². The van der Waals surface area contributed by atoms with Gasteiger partial charge in [-0.25, -0.2) is 0 Å². The van der Waals surface area contributed by atoms with Crippen LogP contribution in [0.1, 0.15) is 43.3 Å². The first-order valence-electron chi connectivity index (χ1n) is 6.34. The second-order valence-corrected chi connectivity index (χ2v) is 4.70. The molecule has 0 amide bonds. The highest BCUT2D eigenvalue weighted by Crippen LogP contribution is 2.25. The minimum Gasteiger partial charge on any atom is -0.481 e. The summed E-state index contributed by atoms with van der Waals surface area (Å²) in [7, 11) is 1.95. The fraction of sp³-hybridized carbons (Fsp3) is 0.692. The highest BCUT2D eigenvalue weighted by molar-refractivity contribution is 5.66. The fourth-order valence-electron chi connectivity index (χ4n) is 2.31. The smallest absolute Gasteiger partial charge is 0.304 e. The standard InChI is InChI=1S/C13H23N3O2/c1-6-16-11(4)13(9(2)14-16)10(3)15(5)8-7-12(17)18/h10H,6-8H2,1-5H3,(H,17,18). The molecule has 0 bridgehead atoms. The van der Waals surface area contributed by atoms with E-state index in [4.69, 9.17) is 5.11 Å². The van der Waals surface area contributed by atoms with Crippen molar-refractivity contribution in [3.05, 3.63) is 17.0 Å². The predicted molar refractivity (Wildman–Crippen MR) is 70.7 cm³/mol. The van der Waals surface area contributed by atoms with E-state index in [1.165, 1.54) is 11.3 Å². The van der Waals surface area contributed by atoms with Crippen LogP contribution in [0.5, 0.6) is 0 Å². The minimum atomic E-state index is -0.758. The minimum absolute atomic E-state index is 0.168. The number of rotatable bonds is 6. The SMILES string of the molecule is CCn1nc(C)c(C(C)N(C)CCC(=O)O)c1C. The number of aliphatic carboxylic acids is 1. The summed E-state index contributed by atoms with van der Waals surface area (Å²) in [5, 5.41) is 13.2. The molecule has 0 radical (unpaired) electrons. The Morgan fingerprint density at radius 3 is 2.56 bits per heavy atom. The van der Waals surface area contributed by atoms with E-state index in [9.17, 15) is 4.79 Å². The number of nitrogens with zero attached hydrogens (tertiary/aromatic N) is 3. The van der Waals surface area contributed by atoms with Gasteiger partial charge in [0.1, 0.15) is 0 Å². The van der Waals surface area contributed by atoms with E-state index < -0.39 is 5.97 Å². The molecule has 5 heteroatoms. The summed E-state index contributed by atoms with van der Waals surface area (Å²) in [6.07, 6.45) is 0.168. The Labute approximate surface area is 108 Å². The van der Waals surface area contributed by atoms with Gasteiger partial charge >= 0.3 is 5.97 Å². The van der Waals surface area contributed by atoms with Crippen LogP contribution in [0.3, 0.4) is 0 Å². The molecule has 0 aromatic carbocycles. The van der Waals surface area contributed by atoms with Crippen molar-refractivity contribution in [3.63, 3.8) is 0 Å². The van der Waals surface area contributed by atoms with Crippen LogP contribution in [0.15, 0.2) is 0 Å². The zero-order valence-electron chi connectivity index (χ0n) is 11.9. The number of aryl methyl sites for hydroxylation is 2. The number of carboxylic acids is 1. The molecule has 0 fully saturated rings. The van der Waals surface area contributed by atoms with Gasteiger partial charge < -0.3 is 5.11 Å². The van der Waals surface area contributed by atoms with Crippen molar-refractivity contribution in [2.75, 3.05) is 13.6 Å². The summed E-state index contributed by atoms with van der Waals surface area (Å²) in [6.45, 7) is 9.65. The zero-order chi connectivity index (χ0) is 13.9. The summed E-state index contributed by atoms with van der Waals surface area (Å²) in [6, 6.07) is 0.185. The summed E-state index contributed by atoms with van der Waals surface area (Å²) in [5.74, 6) is -0.758. The number of hydrogen-bond donors (Lipinski definition) is 1. The van der Waals surface area contributed by atoms with E-state index in [2.05, 4.69) is 30.8 Å². The Balaban J connectivity index is 2.86. The van der Waals surface area contributed by atoms with Crippen LogP contribution in [0.2, 0.25) is 0 Å². The molecule has 0 saturated carbocycles. The molecule has 1 unspecified atom stereocenters. The monoisotopic (exact) mass is 253 g/mol. The largest absolute Gasteiger partial charge is 0.481 e. The molecule has 1 aromatic rings. The van der Waals surface area contributed by atoms with Gasteiger partial charge in [-0.15, -0.1) is 0 Å². The average Bonchev–Trinajstić information content (AvgIpc) is 2.60. The number of carbonyl (C=O) groups is 1. The molecule has 0 spiro atoms. The third-order valence-electron chi connectivity index (χ3n) is 3.49. The molecule has 1 N–H and O–H groups in total. The van der Waals surface area contributed by atoms with Crippen molar-refractivity contribution in [2.24, 2.45) is 0 Å². The summed E-state index contributed by atoms with van der Waals surface area (Å²) in [5.41, 5.74) is 3.42. The predicted octanol–water partition coefficient (Wildman–Crippen LogP) is 1.99. The molecule has 5 nitrogen and oxygen atoms in total. The van der Waals surface area contributed by atoms with Crippen LogP contribution in [-0.2, 0) is 11.3 Å². The zero-order valence-corrected chi connectivity index (χ0v) is 11.9. The van der Waals surface area contributed by atoms with E-state index in [0.29, 0.717) is 6.54 Å². The van der Waals surface area contributed by atoms with Crippen LogP contribution in [0.25, 0.3) is 0 Å². The van der Waals surface area contributed by atoms with Crippen molar-refractivity contribution < 1.29 is 9.90 Å². The van der Waals surface area contributed by atoms with Crippen molar-refractivity contribution in [2.45, 2.75) is 46.7 Å². The second-order valence-electron chi connectivity index (χ2n) is 4.70. The van der Waals surface area contributed by atoms with Gasteiger partial charge in [0.05, 0.1) is 12.1 Å². The number of carboxylic acid groups (broad SMARTS) is 1. The quantitative estimate of drug-likeness (QED) is 0.842. The molecular weight excluding hydrogens is 230 g/mol. The lowest BCUT2D eigenvalue weighted by molar-refractivity contribution is -0.137. The first-order valence-corrected chi connectivity index (χ1v) is 6.34. The van der Waals surface area contributed by atoms with Crippen molar-refractivity contribution in [1.82, 2.24) is 14.7 Å². The topological polar surface area (TPSA) is 58.4 Å². The molecule has 0 aliphatic heterocycles. The Hall–Kier alpha value is -1.36. The lowest BCUT2D eigenvalue weighted by Gasteiger charge is -2.24. The molecular formula is C13H23N3O2. The van der Waals surface area contributed by atoms with E-state index >= 15 is 0 Å². The highest BCUT2D eigenvalue weighted by Gasteiger charge is 2.20. The number of aromatic nitrogens is 2.